The van der Waals surface area contributed by atoms with Crippen LogP contribution in [0.5, 0.6) is 0 Å². The largest absolute Gasteiger partial charge is 0.354 e. The molecule has 0 unspecified atom stereocenters. The molecule has 0 aliphatic rings. The summed E-state index contributed by atoms with van der Waals surface area (Å²) >= 11 is 0. The van der Waals surface area contributed by atoms with Gasteiger partial charge in [-0.25, -0.2) is 8.78 Å². The molecule has 0 bridgehead atoms. The molecule has 0 saturated carbocycles. The minimum Gasteiger partial charge on any atom is -0.354 e. The Balaban J connectivity index is 1.72. The first-order valence-corrected chi connectivity index (χ1v) is 8.51. The maximum Gasteiger partial charge on any atom is 0.257 e. The van der Waals surface area contributed by atoms with Crippen molar-refractivity contribution in [2.24, 2.45) is 0 Å². The first kappa shape index (κ1) is 18.5. The maximum absolute atomic E-state index is 13.3. The molecule has 4 nitrogen and oxygen atoms in total. The van der Waals surface area contributed by atoms with Gasteiger partial charge in [-0.2, -0.15) is 0 Å². The van der Waals surface area contributed by atoms with Crippen LogP contribution >= 0.6 is 0 Å². The standard InChI is InChI=1S/C21H19F2N3O/c1-13(2)14-3-5-16(6-4-14)26-21(27)15-9-18(12-24-11-15)25-17-7-8-19(22)20(23)10-17/h3-13,25H,1-2H3,(H,26,27). The summed E-state index contributed by atoms with van der Waals surface area (Å²) in [6, 6.07) is 12.7. The van der Waals surface area contributed by atoms with Gasteiger partial charge in [0.25, 0.3) is 5.91 Å². The van der Waals surface area contributed by atoms with Crippen LogP contribution in [0.1, 0.15) is 35.7 Å². The third-order valence-electron chi connectivity index (χ3n) is 4.04. The molecule has 2 aromatic carbocycles. The van der Waals surface area contributed by atoms with Crippen molar-refractivity contribution in [1.29, 1.82) is 0 Å². The number of anilines is 3. The summed E-state index contributed by atoms with van der Waals surface area (Å²) in [7, 11) is 0. The van der Waals surface area contributed by atoms with Gasteiger partial charge in [-0.3, -0.25) is 9.78 Å². The average molecular weight is 367 g/mol. The van der Waals surface area contributed by atoms with E-state index in [0.29, 0.717) is 28.5 Å². The van der Waals surface area contributed by atoms with E-state index in [0.717, 1.165) is 12.1 Å². The predicted molar refractivity (Wildman–Crippen MR) is 102 cm³/mol. The van der Waals surface area contributed by atoms with E-state index in [1.165, 1.54) is 24.0 Å². The number of aromatic nitrogens is 1. The lowest BCUT2D eigenvalue weighted by Crippen LogP contribution is -2.12. The van der Waals surface area contributed by atoms with Gasteiger partial charge in [-0.1, -0.05) is 26.0 Å². The summed E-state index contributed by atoms with van der Waals surface area (Å²) in [6.45, 7) is 4.20. The lowest BCUT2D eigenvalue weighted by atomic mass is 10.0. The zero-order valence-corrected chi connectivity index (χ0v) is 15.0. The van der Waals surface area contributed by atoms with E-state index in [4.69, 9.17) is 0 Å². The van der Waals surface area contributed by atoms with Gasteiger partial charge in [0.1, 0.15) is 0 Å². The maximum atomic E-state index is 13.3. The van der Waals surface area contributed by atoms with Gasteiger partial charge >= 0.3 is 0 Å². The molecule has 1 heterocycles. The molecule has 0 aliphatic carbocycles. The summed E-state index contributed by atoms with van der Waals surface area (Å²) in [5, 5.41) is 5.72. The number of carbonyl (C=O) groups excluding carboxylic acids is 1. The van der Waals surface area contributed by atoms with Crippen LogP contribution < -0.4 is 10.6 Å². The molecule has 1 aromatic heterocycles. The van der Waals surface area contributed by atoms with Crippen LogP contribution in [0, 0.1) is 11.6 Å². The lowest BCUT2D eigenvalue weighted by Gasteiger charge is -2.10. The first-order chi connectivity index (χ1) is 12.9. The van der Waals surface area contributed by atoms with Crippen molar-refractivity contribution < 1.29 is 13.6 Å². The molecule has 0 spiro atoms. The molecule has 0 saturated heterocycles. The number of pyridine rings is 1. The fourth-order valence-corrected chi connectivity index (χ4v) is 2.53. The molecule has 0 aliphatic heterocycles. The van der Waals surface area contributed by atoms with Gasteiger partial charge in [0, 0.05) is 23.6 Å². The van der Waals surface area contributed by atoms with Crippen LogP contribution in [-0.4, -0.2) is 10.9 Å². The monoisotopic (exact) mass is 367 g/mol. The molecule has 138 valence electrons. The fraction of sp³-hybridized carbons (Fsp3) is 0.143. The molecule has 2 N–H and O–H groups in total. The number of benzene rings is 2. The number of nitrogens with one attached hydrogen (secondary N) is 2. The highest BCUT2D eigenvalue weighted by Gasteiger charge is 2.09. The van der Waals surface area contributed by atoms with Crippen molar-refractivity contribution in [2.45, 2.75) is 19.8 Å². The van der Waals surface area contributed by atoms with E-state index in [1.54, 1.807) is 6.07 Å². The molecular weight excluding hydrogens is 348 g/mol. The minimum atomic E-state index is -0.952. The number of hydrogen-bond acceptors (Lipinski definition) is 3. The number of carbonyl (C=O) groups is 1. The van der Waals surface area contributed by atoms with E-state index >= 15 is 0 Å². The molecule has 1 amide bonds. The van der Waals surface area contributed by atoms with Gasteiger partial charge in [0.15, 0.2) is 11.6 Å². The SMILES string of the molecule is CC(C)c1ccc(NC(=O)c2cncc(Nc3ccc(F)c(F)c3)c2)cc1. The van der Waals surface area contributed by atoms with Crippen LogP contribution in [-0.2, 0) is 0 Å². The second-order valence-electron chi connectivity index (χ2n) is 6.45. The van der Waals surface area contributed by atoms with Crippen molar-refractivity contribution in [3.05, 3.63) is 83.7 Å². The zero-order valence-electron chi connectivity index (χ0n) is 15.0. The molecule has 0 radical (unpaired) electrons. The number of hydrogen-bond donors (Lipinski definition) is 2. The van der Waals surface area contributed by atoms with E-state index in [1.807, 2.05) is 24.3 Å². The molecule has 0 fully saturated rings. The Labute approximate surface area is 156 Å². The van der Waals surface area contributed by atoms with Gasteiger partial charge in [-0.05, 0) is 41.8 Å². The lowest BCUT2D eigenvalue weighted by molar-refractivity contribution is 0.102. The zero-order chi connectivity index (χ0) is 19.4. The smallest absolute Gasteiger partial charge is 0.257 e. The van der Waals surface area contributed by atoms with Crippen LogP contribution in [0.2, 0.25) is 0 Å². The Morgan fingerprint density at radius 3 is 2.26 bits per heavy atom. The molecule has 3 aromatic rings. The molecule has 0 atom stereocenters. The third-order valence-corrected chi connectivity index (χ3v) is 4.04. The second-order valence-corrected chi connectivity index (χ2v) is 6.45. The molecule has 3 rings (SSSR count). The molecule has 27 heavy (non-hydrogen) atoms. The summed E-state index contributed by atoms with van der Waals surface area (Å²) < 4.78 is 26.3. The van der Waals surface area contributed by atoms with Crippen molar-refractivity contribution in [3.63, 3.8) is 0 Å². The Hall–Kier alpha value is -3.28. The third kappa shape index (κ3) is 4.67. The predicted octanol–water partition coefficient (Wildman–Crippen LogP) is 5.48. The quantitative estimate of drug-likeness (QED) is 0.628. The fourth-order valence-electron chi connectivity index (χ4n) is 2.53. The second kappa shape index (κ2) is 7.95. The van der Waals surface area contributed by atoms with Gasteiger partial charge in [0.05, 0.1) is 17.4 Å². The van der Waals surface area contributed by atoms with Crippen molar-refractivity contribution in [1.82, 2.24) is 4.98 Å². The van der Waals surface area contributed by atoms with Crippen molar-refractivity contribution in [3.8, 4) is 0 Å². The summed E-state index contributed by atoms with van der Waals surface area (Å²) in [5.41, 5.74) is 3.06. The Kier molecular flexibility index (Phi) is 5.45. The van der Waals surface area contributed by atoms with Gasteiger partial charge < -0.3 is 10.6 Å². The van der Waals surface area contributed by atoms with Gasteiger partial charge in [-0.15, -0.1) is 0 Å². The van der Waals surface area contributed by atoms with Crippen LogP contribution in [0.3, 0.4) is 0 Å². The van der Waals surface area contributed by atoms with Crippen LogP contribution in [0.25, 0.3) is 0 Å². The minimum absolute atomic E-state index is 0.311. The molecule has 6 heteroatoms. The number of halogens is 2. The topological polar surface area (TPSA) is 54.0 Å². The summed E-state index contributed by atoms with van der Waals surface area (Å²) in [5.74, 6) is -1.77. The highest BCUT2D eigenvalue weighted by atomic mass is 19.2. The Morgan fingerprint density at radius 1 is 0.889 bits per heavy atom. The number of nitrogens with zero attached hydrogens (tertiary/aromatic N) is 1. The summed E-state index contributed by atoms with van der Waals surface area (Å²) in [4.78, 5) is 16.5. The normalized spacial score (nSPS) is 10.7. The van der Waals surface area contributed by atoms with E-state index in [2.05, 4.69) is 29.5 Å². The summed E-state index contributed by atoms with van der Waals surface area (Å²) in [6.07, 6.45) is 2.93. The van der Waals surface area contributed by atoms with E-state index < -0.39 is 11.6 Å². The Morgan fingerprint density at radius 2 is 1.59 bits per heavy atom. The highest BCUT2D eigenvalue weighted by Crippen LogP contribution is 2.21. The van der Waals surface area contributed by atoms with Gasteiger partial charge in [0.2, 0.25) is 0 Å². The number of amides is 1. The van der Waals surface area contributed by atoms with E-state index in [9.17, 15) is 13.6 Å². The molecular formula is C21H19F2N3O. The Bertz CT molecular complexity index is 956. The first-order valence-electron chi connectivity index (χ1n) is 8.51. The average Bonchev–Trinajstić information content (AvgIpc) is 2.65. The highest BCUT2D eigenvalue weighted by molar-refractivity contribution is 6.04. The van der Waals surface area contributed by atoms with Crippen molar-refractivity contribution in [2.75, 3.05) is 10.6 Å². The number of rotatable bonds is 5. The van der Waals surface area contributed by atoms with Crippen LogP contribution in [0.15, 0.2) is 60.9 Å². The van der Waals surface area contributed by atoms with E-state index in [-0.39, 0.29) is 5.91 Å². The van der Waals surface area contributed by atoms with Crippen molar-refractivity contribution >= 4 is 23.0 Å². The van der Waals surface area contributed by atoms with Crippen LogP contribution in [0.4, 0.5) is 25.8 Å².